The summed E-state index contributed by atoms with van der Waals surface area (Å²) >= 11 is 0. The summed E-state index contributed by atoms with van der Waals surface area (Å²) < 4.78 is 26.4. The van der Waals surface area contributed by atoms with E-state index in [0.717, 1.165) is 50.4 Å². The summed E-state index contributed by atoms with van der Waals surface area (Å²) in [6, 6.07) is 0. The Morgan fingerprint density at radius 3 is 1.06 bits per heavy atom. The molecule has 0 aromatic carbocycles. The van der Waals surface area contributed by atoms with Gasteiger partial charge in [0.1, 0.15) is 6.61 Å². The standard InChI is InChI=1S/C42H83O8P/c1-38(2)32-28-24-20-16-12-9-7-5-6-8-10-14-18-22-26-30-34-41(43)48-36-40(37-49-51(45,46)47)50-42(44)35-31-27-23-19-15-11-13-17-21-25-29-33-39(3)4/h38-40H,5-37H2,1-4H3,(H2,45,46,47)/t40-/m1/s1. The predicted octanol–water partition coefficient (Wildman–Crippen LogP) is 13.0. The van der Waals surface area contributed by atoms with E-state index in [4.69, 9.17) is 19.3 Å². The molecule has 8 nitrogen and oxygen atoms in total. The normalized spacial score (nSPS) is 12.5. The van der Waals surface area contributed by atoms with Crippen LogP contribution in [0.3, 0.4) is 0 Å². The molecule has 0 radical (unpaired) electrons. The quantitative estimate of drug-likeness (QED) is 0.0362. The summed E-state index contributed by atoms with van der Waals surface area (Å²) in [6.45, 7) is 8.39. The van der Waals surface area contributed by atoms with E-state index >= 15 is 0 Å². The molecular formula is C42H83O8P. The fraction of sp³-hybridized carbons (Fsp3) is 0.952. The van der Waals surface area contributed by atoms with Gasteiger partial charge in [-0.25, -0.2) is 4.57 Å². The fourth-order valence-corrected chi connectivity index (χ4v) is 6.87. The summed E-state index contributed by atoms with van der Waals surface area (Å²) in [5.41, 5.74) is 0. The molecule has 0 heterocycles. The maximum atomic E-state index is 12.4. The number of hydrogen-bond donors (Lipinski definition) is 2. The zero-order chi connectivity index (χ0) is 37.8. The summed E-state index contributed by atoms with van der Waals surface area (Å²) in [5.74, 6) is 0.781. The van der Waals surface area contributed by atoms with Crippen molar-refractivity contribution in [2.75, 3.05) is 13.2 Å². The van der Waals surface area contributed by atoms with Gasteiger partial charge in [0.25, 0.3) is 0 Å². The third kappa shape index (κ3) is 41.7. The lowest BCUT2D eigenvalue weighted by Crippen LogP contribution is -2.29. The van der Waals surface area contributed by atoms with Crippen LogP contribution in [0.25, 0.3) is 0 Å². The summed E-state index contributed by atoms with van der Waals surface area (Å²) in [7, 11) is -4.75. The Labute approximate surface area is 315 Å². The summed E-state index contributed by atoms with van der Waals surface area (Å²) in [6.07, 6.45) is 35.5. The summed E-state index contributed by atoms with van der Waals surface area (Å²) in [5, 5.41) is 0. The van der Waals surface area contributed by atoms with Gasteiger partial charge < -0.3 is 19.3 Å². The van der Waals surface area contributed by atoms with Crippen molar-refractivity contribution in [2.45, 2.75) is 233 Å². The van der Waals surface area contributed by atoms with Crippen molar-refractivity contribution in [1.29, 1.82) is 0 Å². The van der Waals surface area contributed by atoms with Crippen LogP contribution in [0, 0.1) is 11.8 Å². The Morgan fingerprint density at radius 2 is 0.745 bits per heavy atom. The minimum atomic E-state index is -4.75. The van der Waals surface area contributed by atoms with Crippen LogP contribution in [-0.2, 0) is 28.2 Å². The smallest absolute Gasteiger partial charge is 0.462 e. The van der Waals surface area contributed by atoms with Crippen LogP contribution in [0.4, 0.5) is 0 Å². The number of ether oxygens (including phenoxy) is 2. The van der Waals surface area contributed by atoms with E-state index in [0.29, 0.717) is 6.42 Å². The Bertz CT molecular complexity index is 828. The number of phosphoric acid groups is 1. The van der Waals surface area contributed by atoms with Gasteiger partial charge in [-0.1, -0.05) is 201 Å². The SMILES string of the molecule is CC(C)CCCCCCCCCCCCCCCCCCC(=O)OC[C@H](COP(=O)(O)O)OC(=O)CCCCCCCCCCCCCC(C)C. The predicted molar refractivity (Wildman–Crippen MR) is 212 cm³/mol. The first-order valence-electron chi connectivity index (χ1n) is 21.5. The number of hydrogen-bond acceptors (Lipinski definition) is 6. The minimum Gasteiger partial charge on any atom is -0.462 e. The van der Waals surface area contributed by atoms with Crippen molar-refractivity contribution < 1.29 is 37.9 Å². The highest BCUT2D eigenvalue weighted by Crippen LogP contribution is 2.36. The average Bonchev–Trinajstić information content (AvgIpc) is 3.06. The molecule has 304 valence electrons. The maximum Gasteiger partial charge on any atom is 0.469 e. The number of carbonyl (C=O) groups is 2. The lowest BCUT2D eigenvalue weighted by atomic mass is 10.0. The minimum absolute atomic E-state index is 0.218. The van der Waals surface area contributed by atoms with Crippen LogP contribution >= 0.6 is 7.82 Å². The number of phosphoric ester groups is 1. The molecule has 9 heteroatoms. The molecule has 0 saturated heterocycles. The molecule has 51 heavy (non-hydrogen) atoms. The topological polar surface area (TPSA) is 119 Å². The zero-order valence-corrected chi connectivity index (χ0v) is 34.8. The van der Waals surface area contributed by atoms with Crippen molar-refractivity contribution in [2.24, 2.45) is 11.8 Å². The molecule has 0 aliphatic carbocycles. The second kappa shape index (κ2) is 36.0. The van der Waals surface area contributed by atoms with Crippen molar-refractivity contribution in [3.63, 3.8) is 0 Å². The third-order valence-electron chi connectivity index (χ3n) is 9.73. The number of carbonyl (C=O) groups excluding carboxylic acids is 2. The van der Waals surface area contributed by atoms with Crippen molar-refractivity contribution >= 4 is 19.8 Å². The van der Waals surface area contributed by atoms with Crippen LogP contribution in [0.2, 0.25) is 0 Å². The zero-order valence-electron chi connectivity index (χ0n) is 33.9. The van der Waals surface area contributed by atoms with Gasteiger partial charge in [0, 0.05) is 12.8 Å². The Morgan fingerprint density at radius 1 is 0.451 bits per heavy atom. The van der Waals surface area contributed by atoms with E-state index in [9.17, 15) is 14.2 Å². The van der Waals surface area contributed by atoms with Gasteiger partial charge in [0.2, 0.25) is 0 Å². The fourth-order valence-electron chi connectivity index (χ4n) is 6.51. The molecule has 2 N–H and O–H groups in total. The van der Waals surface area contributed by atoms with Gasteiger partial charge in [0.05, 0.1) is 6.61 Å². The molecule has 0 aromatic heterocycles. The van der Waals surface area contributed by atoms with E-state index in [-0.39, 0.29) is 19.4 Å². The molecule has 0 saturated carbocycles. The second-order valence-electron chi connectivity index (χ2n) is 16.0. The highest BCUT2D eigenvalue weighted by molar-refractivity contribution is 7.46. The first kappa shape index (κ1) is 50.1. The molecule has 0 aliphatic heterocycles. The van der Waals surface area contributed by atoms with E-state index < -0.39 is 32.5 Å². The van der Waals surface area contributed by atoms with Gasteiger partial charge >= 0.3 is 19.8 Å². The molecule has 0 amide bonds. The van der Waals surface area contributed by atoms with E-state index in [1.54, 1.807) is 0 Å². The van der Waals surface area contributed by atoms with Crippen molar-refractivity contribution in [1.82, 2.24) is 0 Å². The Balaban J connectivity index is 3.84. The first-order valence-corrected chi connectivity index (χ1v) is 23.1. The molecule has 0 bridgehead atoms. The lowest BCUT2D eigenvalue weighted by Gasteiger charge is -2.18. The number of unbranched alkanes of at least 4 members (excludes halogenated alkanes) is 25. The highest BCUT2D eigenvalue weighted by Gasteiger charge is 2.23. The van der Waals surface area contributed by atoms with E-state index in [1.807, 2.05) is 0 Å². The van der Waals surface area contributed by atoms with E-state index in [2.05, 4.69) is 32.2 Å². The van der Waals surface area contributed by atoms with Gasteiger partial charge in [0.15, 0.2) is 6.10 Å². The number of esters is 2. The van der Waals surface area contributed by atoms with Gasteiger partial charge in [-0.2, -0.15) is 0 Å². The second-order valence-corrected chi connectivity index (χ2v) is 17.2. The van der Waals surface area contributed by atoms with Crippen LogP contribution in [-0.4, -0.2) is 41.0 Å². The van der Waals surface area contributed by atoms with Crippen molar-refractivity contribution in [3.8, 4) is 0 Å². The Kier molecular flexibility index (Phi) is 35.4. The maximum absolute atomic E-state index is 12.4. The average molecular weight is 747 g/mol. The molecular weight excluding hydrogens is 663 g/mol. The third-order valence-corrected chi connectivity index (χ3v) is 10.2. The van der Waals surface area contributed by atoms with Crippen molar-refractivity contribution in [3.05, 3.63) is 0 Å². The monoisotopic (exact) mass is 747 g/mol. The van der Waals surface area contributed by atoms with E-state index in [1.165, 1.54) is 141 Å². The number of rotatable bonds is 39. The molecule has 0 rings (SSSR count). The molecule has 0 unspecified atom stereocenters. The van der Waals surface area contributed by atoms with Crippen LogP contribution in [0.5, 0.6) is 0 Å². The van der Waals surface area contributed by atoms with Gasteiger partial charge in [-0.3, -0.25) is 14.1 Å². The largest absolute Gasteiger partial charge is 0.469 e. The van der Waals surface area contributed by atoms with Crippen LogP contribution in [0.1, 0.15) is 227 Å². The van der Waals surface area contributed by atoms with Crippen LogP contribution < -0.4 is 0 Å². The highest BCUT2D eigenvalue weighted by atomic mass is 31.2. The molecule has 0 fully saturated rings. The van der Waals surface area contributed by atoms with Crippen LogP contribution in [0.15, 0.2) is 0 Å². The molecule has 1 atom stereocenters. The Hall–Kier alpha value is -0.950. The molecule has 0 aromatic rings. The van der Waals surface area contributed by atoms with Gasteiger partial charge in [-0.15, -0.1) is 0 Å². The first-order chi connectivity index (χ1) is 24.5. The summed E-state index contributed by atoms with van der Waals surface area (Å²) in [4.78, 5) is 42.8. The molecule has 0 aliphatic rings. The molecule has 0 spiro atoms. The lowest BCUT2D eigenvalue weighted by molar-refractivity contribution is -0.161. The van der Waals surface area contributed by atoms with Gasteiger partial charge in [-0.05, 0) is 24.7 Å².